The summed E-state index contributed by atoms with van der Waals surface area (Å²) in [4.78, 5) is 3.76. The van der Waals surface area contributed by atoms with Gasteiger partial charge in [0.25, 0.3) is 0 Å². The highest BCUT2D eigenvalue weighted by Gasteiger charge is 2.20. The van der Waals surface area contributed by atoms with E-state index in [9.17, 15) is 5.26 Å². The standard InChI is InChI=1S/C44H24N4O/c1-46-30-17-20-40-37(25-30)43-41(21-18-35-34-13-3-5-15-42(34)49-44(35)43)48(40)32-11-7-9-29(24-32)28-8-6-10-31(23-28)47-38-14-4-2-12-33(38)36-22-27(26-45)16-19-39(36)47/h2-25H. The van der Waals surface area contributed by atoms with Gasteiger partial charge in [0.15, 0.2) is 5.69 Å². The van der Waals surface area contributed by atoms with Crippen molar-refractivity contribution in [3.63, 3.8) is 0 Å². The Kier molecular flexibility index (Phi) is 5.64. The van der Waals surface area contributed by atoms with Crippen LogP contribution in [0.15, 0.2) is 150 Å². The number of hydrogen-bond donors (Lipinski definition) is 0. The third-order valence-corrected chi connectivity index (χ3v) is 9.73. The van der Waals surface area contributed by atoms with Crippen molar-refractivity contribution in [2.45, 2.75) is 0 Å². The molecule has 0 spiro atoms. The monoisotopic (exact) mass is 624 g/mol. The maximum atomic E-state index is 9.59. The first-order chi connectivity index (χ1) is 24.2. The highest BCUT2D eigenvalue weighted by molar-refractivity contribution is 6.24. The van der Waals surface area contributed by atoms with Gasteiger partial charge in [0.1, 0.15) is 11.2 Å². The zero-order valence-electron chi connectivity index (χ0n) is 26.1. The molecule has 0 aliphatic carbocycles. The molecule has 5 nitrogen and oxygen atoms in total. The van der Waals surface area contributed by atoms with Crippen LogP contribution in [-0.4, -0.2) is 9.13 Å². The summed E-state index contributed by atoms with van der Waals surface area (Å²) in [5.74, 6) is 0. The molecule has 0 atom stereocenters. The van der Waals surface area contributed by atoms with Crippen LogP contribution in [0.4, 0.5) is 5.69 Å². The van der Waals surface area contributed by atoms with Crippen LogP contribution in [-0.2, 0) is 0 Å². The fraction of sp³-hybridized carbons (Fsp3) is 0. The third kappa shape index (κ3) is 3.91. The molecule has 0 amide bonds. The molecule has 0 aliphatic rings. The number of fused-ring (bicyclic) bond motifs is 10. The lowest BCUT2D eigenvalue weighted by Gasteiger charge is -2.13. The summed E-state index contributed by atoms with van der Waals surface area (Å²) in [7, 11) is 0. The Morgan fingerprint density at radius 1 is 0.531 bits per heavy atom. The fourth-order valence-electron chi connectivity index (χ4n) is 7.59. The fourth-order valence-corrected chi connectivity index (χ4v) is 7.59. The third-order valence-electron chi connectivity index (χ3n) is 9.73. The predicted octanol–water partition coefficient (Wildman–Crippen LogP) is 11.9. The van der Waals surface area contributed by atoms with Crippen molar-refractivity contribution in [3.05, 3.63) is 163 Å². The predicted molar refractivity (Wildman–Crippen MR) is 199 cm³/mol. The second-order valence-corrected chi connectivity index (χ2v) is 12.4. The van der Waals surface area contributed by atoms with Crippen LogP contribution >= 0.6 is 0 Å². The second-order valence-electron chi connectivity index (χ2n) is 12.4. The summed E-state index contributed by atoms with van der Waals surface area (Å²) in [6.45, 7) is 7.73. The van der Waals surface area contributed by atoms with Gasteiger partial charge in [-0.1, -0.05) is 66.7 Å². The zero-order valence-corrected chi connectivity index (χ0v) is 26.1. The van der Waals surface area contributed by atoms with E-state index in [0.29, 0.717) is 11.3 Å². The van der Waals surface area contributed by atoms with Crippen LogP contribution < -0.4 is 0 Å². The van der Waals surface area contributed by atoms with E-state index >= 15 is 0 Å². The number of furan rings is 1. The number of rotatable bonds is 3. The van der Waals surface area contributed by atoms with E-state index < -0.39 is 0 Å². The maximum absolute atomic E-state index is 9.59. The molecule has 7 aromatic carbocycles. The van der Waals surface area contributed by atoms with Crippen molar-refractivity contribution in [2.75, 3.05) is 0 Å². The van der Waals surface area contributed by atoms with E-state index in [1.165, 1.54) is 0 Å². The first-order valence-electron chi connectivity index (χ1n) is 16.1. The molecule has 0 bridgehead atoms. The van der Waals surface area contributed by atoms with Crippen LogP contribution in [0, 0.1) is 17.9 Å². The van der Waals surface area contributed by atoms with E-state index in [1.807, 2.05) is 60.7 Å². The molecule has 49 heavy (non-hydrogen) atoms. The zero-order chi connectivity index (χ0) is 32.6. The largest absolute Gasteiger partial charge is 0.455 e. The van der Waals surface area contributed by atoms with Gasteiger partial charge >= 0.3 is 0 Å². The van der Waals surface area contributed by atoms with Gasteiger partial charge in [0, 0.05) is 43.7 Å². The van der Waals surface area contributed by atoms with Crippen LogP contribution in [0.2, 0.25) is 0 Å². The van der Waals surface area contributed by atoms with E-state index in [4.69, 9.17) is 11.0 Å². The summed E-state index contributed by atoms with van der Waals surface area (Å²) in [5.41, 5.74) is 11.4. The van der Waals surface area contributed by atoms with E-state index in [2.05, 4.69) is 105 Å². The van der Waals surface area contributed by atoms with Gasteiger partial charge in [-0.2, -0.15) is 5.26 Å². The molecule has 0 unspecified atom stereocenters. The number of hydrogen-bond acceptors (Lipinski definition) is 2. The molecule has 10 aromatic rings. The molecule has 5 heteroatoms. The molecule has 0 radical (unpaired) electrons. The normalized spacial score (nSPS) is 11.6. The van der Waals surface area contributed by atoms with Gasteiger partial charge in [-0.05, 0) is 90.0 Å². The van der Waals surface area contributed by atoms with Gasteiger partial charge in [-0.25, -0.2) is 4.85 Å². The highest BCUT2D eigenvalue weighted by atomic mass is 16.3. The Hall–Kier alpha value is -7.08. The highest BCUT2D eigenvalue weighted by Crippen LogP contribution is 2.42. The first-order valence-corrected chi connectivity index (χ1v) is 16.1. The molecule has 226 valence electrons. The summed E-state index contributed by atoms with van der Waals surface area (Å²) in [6.07, 6.45) is 0. The van der Waals surface area contributed by atoms with Crippen LogP contribution in [0.5, 0.6) is 0 Å². The molecule has 0 N–H and O–H groups in total. The lowest BCUT2D eigenvalue weighted by Crippen LogP contribution is -1.96. The minimum atomic E-state index is 0.596. The second kappa shape index (κ2) is 10.2. The molecule has 0 fully saturated rings. The molecule has 0 aliphatic heterocycles. The van der Waals surface area contributed by atoms with E-state index in [1.54, 1.807) is 0 Å². The smallest absolute Gasteiger partial charge is 0.188 e. The number of para-hydroxylation sites is 2. The van der Waals surface area contributed by atoms with Crippen LogP contribution in [0.1, 0.15) is 5.56 Å². The lowest BCUT2D eigenvalue weighted by molar-refractivity contribution is 0.673. The van der Waals surface area contributed by atoms with Crippen molar-refractivity contribution >= 4 is 71.2 Å². The molecule has 10 rings (SSSR count). The summed E-state index contributed by atoms with van der Waals surface area (Å²) in [5, 5.41) is 15.9. The van der Waals surface area contributed by atoms with Gasteiger partial charge < -0.3 is 13.6 Å². The number of nitrogens with zero attached hydrogens (tertiary/aromatic N) is 4. The first kappa shape index (κ1) is 27.1. The van der Waals surface area contributed by atoms with Gasteiger partial charge in [0.05, 0.1) is 40.3 Å². The van der Waals surface area contributed by atoms with Crippen molar-refractivity contribution in [1.82, 2.24) is 9.13 Å². The summed E-state index contributed by atoms with van der Waals surface area (Å²) >= 11 is 0. The molecule has 0 saturated heterocycles. The Labute approximate surface area is 280 Å². The minimum absolute atomic E-state index is 0.596. The molecule has 0 saturated carbocycles. The quantitative estimate of drug-likeness (QED) is 0.184. The Balaban J connectivity index is 1.18. The van der Waals surface area contributed by atoms with Gasteiger partial charge in [-0.15, -0.1) is 0 Å². The number of aromatic nitrogens is 2. The van der Waals surface area contributed by atoms with Crippen LogP contribution in [0.25, 0.3) is 92.9 Å². The van der Waals surface area contributed by atoms with E-state index in [0.717, 1.165) is 88.1 Å². The van der Waals surface area contributed by atoms with Crippen molar-refractivity contribution < 1.29 is 4.42 Å². The van der Waals surface area contributed by atoms with E-state index in [-0.39, 0.29) is 0 Å². The topological polar surface area (TPSA) is 51.1 Å². The summed E-state index contributed by atoms with van der Waals surface area (Å²) < 4.78 is 11.1. The molecule has 3 aromatic heterocycles. The van der Waals surface area contributed by atoms with Gasteiger partial charge in [0.2, 0.25) is 0 Å². The SMILES string of the molecule is [C-]#[N+]c1ccc2c(c1)c1c3oc4ccccc4c3ccc1n2-c1cccc(-c2cccc(-n3c4ccccc4c4cc(C#N)ccc43)c2)c1. The van der Waals surface area contributed by atoms with Crippen molar-refractivity contribution in [2.24, 2.45) is 0 Å². The lowest BCUT2D eigenvalue weighted by atomic mass is 10.0. The number of benzene rings is 7. The Bertz CT molecular complexity index is 3090. The maximum Gasteiger partial charge on any atom is 0.188 e. The average Bonchev–Trinajstić information content (AvgIpc) is 3.82. The minimum Gasteiger partial charge on any atom is -0.455 e. The average molecular weight is 625 g/mol. The molecular formula is C44H24N4O. The number of nitriles is 1. The summed E-state index contributed by atoms with van der Waals surface area (Å²) in [6, 6.07) is 52.2. The van der Waals surface area contributed by atoms with Crippen LogP contribution in [0.3, 0.4) is 0 Å². The van der Waals surface area contributed by atoms with Crippen molar-refractivity contribution in [1.29, 1.82) is 5.26 Å². The van der Waals surface area contributed by atoms with Gasteiger partial charge in [-0.3, -0.25) is 0 Å². The Morgan fingerprint density at radius 2 is 1.18 bits per heavy atom. The molecular weight excluding hydrogens is 601 g/mol. The van der Waals surface area contributed by atoms with Crippen molar-refractivity contribution in [3.8, 4) is 28.6 Å². The Morgan fingerprint density at radius 3 is 1.96 bits per heavy atom. The molecule has 3 heterocycles.